The predicted molar refractivity (Wildman–Crippen MR) is 53.6 cm³/mol. The molecule has 14 heavy (non-hydrogen) atoms. The van der Waals surface area contributed by atoms with E-state index in [4.69, 9.17) is 5.26 Å². The Labute approximate surface area is 85.3 Å². The molecule has 0 unspecified atom stereocenters. The fourth-order valence-corrected chi connectivity index (χ4v) is 2.51. The van der Waals surface area contributed by atoms with Crippen molar-refractivity contribution in [3.63, 3.8) is 0 Å². The zero-order valence-electron chi connectivity index (χ0n) is 8.52. The summed E-state index contributed by atoms with van der Waals surface area (Å²) < 4.78 is 0. The van der Waals surface area contributed by atoms with Crippen LogP contribution < -0.4 is 0 Å². The van der Waals surface area contributed by atoms with Gasteiger partial charge in [-0.2, -0.15) is 5.26 Å². The van der Waals surface area contributed by atoms with Crippen molar-refractivity contribution < 1.29 is 5.11 Å². The van der Waals surface area contributed by atoms with Crippen LogP contribution in [-0.4, -0.2) is 34.7 Å². The molecule has 0 amide bonds. The van der Waals surface area contributed by atoms with Crippen LogP contribution in [0.1, 0.15) is 38.5 Å². The van der Waals surface area contributed by atoms with Gasteiger partial charge in [0.15, 0.2) is 0 Å². The molecule has 0 aliphatic heterocycles. The van der Waals surface area contributed by atoms with Gasteiger partial charge >= 0.3 is 0 Å². The van der Waals surface area contributed by atoms with Crippen LogP contribution in [0.4, 0.5) is 0 Å². The van der Waals surface area contributed by atoms with Crippen LogP contribution in [0.5, 0.6) is 0 Å². The fraction of sp³-hybridized carbons (Fsp3) is 0.909. The molecular formula is C11H18N2O. The average molecular weight is 194 g/mol. The maximum absolute atomic E-state index is 9.81. The van der Waals surface area contributed by atoms with E-state index < -0.39 is 0 Å². The summed E-state index contributed by atoms with van der Waals surface area (Å²) in [5.74, 6) is 0. The smallest absolute Gasteiger partial charge is 0.0695 e. The van der Waals surface area contributed by atoms with E-state index in [1.165, 1.54) is 12.8 Å². The van der Waals surface area contributed by atoms with Gasteiger partial charge < -0.3 is 5.11 Å². The Kier molecular flexibility index (Phi) is 3.05. The van der Waals surface area contributed by atoms with Gasteiger partial charge in [0, 0.05) is 25.0 Å². The summed E-state index contributed by atoms with van der Waals surface area (Å²) in [5, 5.41) is 18.4. The van der Waals surface area contributed by atoms with E-state index in [1.54, 1.807) is 0 Å². The molecule has 0 spiro atoms. The lowest BCUT2D eigenvalue weighted by atomic mass is 10.1. The summed E-state index contributed by atoms with van der Waals surface area (Å²) in [6.45, 7) is 0.850. The number of nitrogens with zero attached hydrogens (tertiary/aromatic N) is 2. The Bertz CT molecular complexity index is 232. The van der Waals surface area contributed by atoms with Crippen molar-refractivity contribution in [3.8, 4) is 6.07 Å². The number of hydrogen-bond donors (Lipinski definition) is 1. The minimum absolute atomic E-state index is 0.144. The van der Waals surface area contributed by atoms with E-state index in [1.807, 2.05) is 0 Å². The number of hydrogen-bond acceptors (Lipinski definition) is 3. The minimum atomic E-state index is -0.144. The third kappa shape index (κ3) is 2.08. The van der Waals surface area contributed by atoms with Gasteiger partial charge in [0.05, 0.1) is 12.2 Å². The number of aliphatic hydroxyl groups excluding tert-OH is 1. The SMILES string of the molecule is N#CCCN(C1CC1)[C@@H]1CCC[C@H]1O. The maximum Gasteiger partial charge on any atom is 0.0695 e. The summed E-state index contributed by atoms with van der Waals surface area (Å²) in [4.78, 5) is 2.38. The van der Waals surface area contributed by atoms with Gasteiger partial charge in [-0.25, -0.2) is 0 Å². The Morgan fingerprint density at radius 3 is 2.57 bits per heavy atom. The topological polar surface area (TPSA) is 47.3 Å². The van der Waals surface area contributed by atoms with Crippen molar-refractivity contribution in [3.05, 3.63) is 0 Å². The van der Waals surface area contributed by atoms with Crippen LogP contribution in [-0.2, 0) is 0 Å². The second-order valence-corrected chi connectivity index (χ2v) is 4.44. The van der Waals surface area contributed by atoms with Gasteiger partial charge in [-0.1, -0.05) is 0 Å². The van der Waals surface area contributed by atoms with Crippen molar-refractivity contribution >= 4 is 0 Å². The summed E-state index contributed by atoms with van der Waals surface area (Å²) in [5.41, 5.74) is 0. The second kappa shape index (κ2) is 4.29. The van der Waals surface area contributed by atoms with Crippen molar-refractivity contribution in [1.82, 2.24) is 4.90 Å². The molecule has 3 nitrogen and oxygen atoms in total. The molecule has 0 radical (unpaired) electrons. The quantitative estimate of drug-likeness (QED) is 0.733. The molecule has 2 aliphatic carbocycles. The highest BCUT2D eigenvalue weighted by molar-refractivity contribution is 4.95. The molecule has 0 aromatic rings. The van der Waals surface area contributed by atoms with Gasteiger partial charge in [0.25, 0.3) is 0 Å². The summed E-state index contributed by atoms with van der Waals surface area (Å²) >= 11 is 0. The molecule has 2 atom stereocenters. The first kappa shape index (κ1) is 9.95. The highest BCUT2D eigenvalue weighted by atomic mass is 16.3. The van der Waals surface area contributed by atoms with Crippen LogP contribution in [0.3, 0.4) is 0 Å². The molecule has 2 aliphatic rings. The first-order valence-electron chi connectivity index (χ1n) is 5.63. The Hall–Kier alpha value is -0.590. The van der Waals surface area contributed by atoms with E-state index in [-0.39, 0.29) is 6.10 Å². The lowest BCUT2D eigenvalue weighted by Crippen LogP contribution is -2.42. The molecule has 2 fully saturated rings. The fourth-order valence-electron chi connectivity index (χ4n) is 2.51. The van der Waals surface area contributed by atoms with Crippen molar-refractivity contribution in [1.29, 1.82) is 5.26 Å². The van der Waals surface area contributed by atoms with Crippen LogP contribution >= 0.6 is 0 Å². The summed E-state index contributed by atoms with van der Waals surface area (Å²) in [7, 11) is 0. The molecule has 0 aromatic heterocycles. The maximum atomic E-state index is 9.81. The molecule has 3 heteroatoms. The van der Waals surface area contributed by atoms with E-state index in [2.05, 4.69) is 11.0 Å². The van der Waals surface area contributed by atoms with Crippen LogP contribution in [0.25, 0.3) is 0 Å². The van der Waals surface area contributed by atoms with Crippen LogP contribution in [0, 0.1) is 11.3 Å². The lowest BCUT2D eigenvalue weighted by Gasteiger charge is -2.30. The van der Waals surface area contributed by atoms with Gasteiger partial charge in [0.1, 0.15) is 0 Å². The van der Waals surface area contributed by atoms with E-state index >= 15 is 0 Å². The second-order valence-electron chi connectivity index (χ2n) is 4.44. The number of nitriles is 1. The number of rotatable bonds is 4. The molecule has 1 N–H and O–H groups in total. The van der Waals surface area contributed by atoms with Crippen LogP contribution in [0.2, 0.25) is 0 Å². The zero-order valence-corrected chi connectivity index (χ0v) is 8.52. The zero-order chi connectivity index (χ0) is 9.97. The molecule has 0 saturated heterocycles. The standard InChI is InChI=1S/C11H18N2O/c12-7-2-8-13(9-5-6-9)10-3-1-4-11(10)14/h9-11,14H,1-6,8H2/t10-,11-/m1/s1. The van der Waals surface area contributed by atoms with E-state index in [9.17, 15) is 5.11 Å². The third-order valence-electron chi connectivity index (χ3n) is 3.37. The first-order valence-corrected chi connectivity index (χ1v) is 5.63. The van der Waals surface area contributed by atoms with Crippen LogP contribution in [0.15, 0.2) is 0 Å². The molecule has 2 rings (SSSR count). The Morgan fingerprint density at radius 2 is 2.07 bits per heavy atom. The average Bonchev–Trinajstić information content (AvgIpc) is 2.92. The minimum Gasteiger partial charge on any atom is -0.391 e. The van der Waals surface area contributed by atoms with Gasteiger partial charge in [-0.15, -0.1) is 0 Å². The highest BCUT2D eigenvalue weighted by Crippen LogP contribution is 2.34. The largest absolute Gasteiger partial charge is 0.391 e. The Balaban J connectivity index is 1.92. The van der Waals surface area contributed by atoms with Crippen molar-refractivity contribution in [2.24, 2.45) is 0 Å². The number of aliphatic hydroxyl groups is 1. The molecular weight excluding hydrogens is 176 g/mol. The van der Waals surface area contributed by atoms with Crippen molar-refractivity contribution in [2.75, 3.05) is 6.54 Å². The molecule has 0 aromatic carbocycles. The normalized spacial score (nSPS) is 32.1. The highest BCUT2D eigenvalue weighted by Gasteiger charge is 2.38. The predicted octanol–water partition coefficient (Wildman–Crippen LogP) is 1.28. The molecule has 78 valence electrons. The van der Waals surface area contributed by atoms with Crippen molar-refractivity contribution in [2.45, 2.75) is 56.7 Å². The molecule has 2 saturated carbocycles. The molecule has 0 bridgehead atoms. The third-order valence-corrected chi connectivity index (χ3v) is 3.37. The Morgan fingerprint density at radius 1 is 1.29 bits per heavy atom. The molecule has 0 heterocycles. The lowest BCUT2D eigenvalue weighted by molar-refractivity contribution is 0.0668. The van der Waals surface area contributed by atoms with Gasteiger partial charge in [0.2, 0.25) is 0 Å². The summed E-state index contributed by atoms with van der Waals surface area (Å²) in [6, 6.07) is 3.21. The monoisotopic (exact) mass is 194 g/mol. The van der Waals surface area contributed by atoms with E-state index in [0.29, 0.717) is 18.5 Å². The van der Waals surface area contributed by atoms with Gasteiger partial charge in [-0.3, -0.25) is 4.90 Å². The summed E-state index contributed by atoms with van der Waals surface area (Å²) in [6.07, 6.45) is 6.17. The first-order chi connectivity index (χ1) is 6.83. The van der Waals surface area contributed by atoms with Gasteiger partial charge in [-0.05, 0) is 32.1 Å². The van der Waals surface area contributed by atoms with E-state index in [0.717, 1.165) is 25.8 Å².